The van der Waals surface area contributed by atoms with Gasteiger partial charge in [0, 0.05) is 6.54 Å². The molecule has 1 fully saturated rings. The van der Waals surface area contributed by atoms with Crippen molar-refractivity contribution in [1.29, 1.82) is 0 Å². The van der Waals surface area contributed by atoms with Gasteiger partial charge in [0.2, 0.25) is 10.0 Å². The van der Waals surface area contributed by atoms with Gasteiger partial charge in [-0.05, 0) is 68.7 Å². The number of carbonyl (C=O) groups excluding carboxylic acids is 2. The Bertz CT molecular complexity index is 1420. The van der Waals surface area contributed by atoms with E-state index in [0.717, 1.165) is 15.8 Å². The zero-order chi connectivity index (χ0) is 25.2. The number of carbonyl (C=O) groups is 2. The number of thiazole rings is 1. The predicted molar refractivity (Wildman–Crippen MR) is 132 cm³/mol. The largest absolute Gasteiger partial charge is 0.497 e. The summed E-state index contributed by atoms with van der Waals surface area (Å²) in [5.41, 5.74) is 1.79. The maximum absolute atomic E-state index is 13.3. The highest BCUT2D eigenvalue weighted by atomic mass is 32.2. The number of benzene rings is 2. The lowest BCUT2D eigenvalue weighted by atomic mass is 10.2. The summed E-state index contributed by atoms with van der Waals surface area (Å²) in [6.07, 6.45) is 0.926. The molecule has 0 aliphatic carbocycles. The number of methoxy groups -OCH3 is 1. The minimum Gasteiger partial charge on any atom is -0.497 e. The van der Waals surface area contributed by atoms with Crippen molar-refractivity contribution >= 4 is 43.5 Å². The quantitative estimate of drug-likeness (QED) is 0.446. The first-order chi connectivity index (χ1) is 16.7. The second kappa shape index (κ2) is 10.3. The highest BCUT2D eigenvalue weighted by Crippen LogP contribution is 2.28. The van der Waals surface area contributed by atoms with Gasteiger partial charge in [-0.15, -0.1) is 0 Å². The van der Waals surface area contributed by atoms with Crippen molar-refractivity contribution in [3.63, 3.8) is 0 Å². The molecule has 186 valence electrons. The summed E-state index contributed by atoms with van der Waals surface area (Å²) in [5, 5.41) is 0. The smallest absolute Gasteiger partial charge is 0.326 e. The van der Waals surface area contributed by atoms with Crippen molar-refractivity contribution in [3.05, 3.63) is 52.8 Å². The summed E-state index contributed by atoms with van der Waals surface area (Å²) < 4.78 is 40.5. The molecule has 0 radical (unpaired) electrons. The molecular formula is C24H27N3O6S2. The molecular weight excluding hydrogens is 490 g/mol. The highest BCUT2D eigenvalue weighted by Gasteiger charge is 2.39. The molecule has 1 saturated heterocycles. The molecule has 11 heteroatoms. The Labute approximate surface area is 207 Å². The Hall–Kier alpha value is -3.02. The van der Waals surface area contributed by atoms with Crippen LogP contribution in [-0.4, -0.2) is 55.5 Å². The van der Waals surface area contributed by atoms with Gasteiger partial charge in [0.25, 0.3) is 5.91 Å². The molecule has 0 N–H and O–H groups in total. The van der Waals surface area contributed by atoms with Crippen LogP contribution in [-0.2, 0) is 30.9 Å². The molecule has 4 rings (SSSR count). The van der Waals surface area contributed by atoms with E-state index in [9.17, 15) is 18.0 Å². The fourth-order valence-corrected chi connectivity index (χ4v) is 6.86. The molecule has 0 saturated carbocycles. The van der Waals surface area contributed by atoms with Gasteiger partial charge in [-0.1, -0.05) is 17.4 Å². The topological polar surface area (TPSA) is 107 Å². The molecule has 1 aliphatic rings. The molecule has 3 aromatic rings. The Morgan fingerprint density at radius 1 is 1.17 bits per heavy atom. The summed E-state index contributed by atoms with van der Waals surface area (Å²) >= 11 is 1.28. The van der Waals surface area contributed by atoms with Crippen LogP contribution in [0.1, 0.15) is 25.3 Å². The van der Waals surface area contributed by atoms with E-state index in [1.807, 2.05) is 25.1 Å². The number of aromatic nitrogens is 1. The zero-order valence-electron chi connectivity index (χ0n) is 19.8. The van der Waals surface area contributed by atoms with E-state index in [1.54, 1.807) is 23.6 Å². The highest BCUT2D eigenvalue weighted by molar-refractivity contribution is 7.89. The normalized spacial score (nSPS) is 17.1. The van der Waals surface area contributed by atoms with Gasteiger partial charge in [-0.2, -0.15) is 9.30 Å². The van der Waals surface area contributed by atoms with Crippen molar-refractivity contribution < 1.29 is 27.5 Å². The van der Waals surface area contributed by atoms with E-state index in [2.05, 4.69) is 4.99 Å². The van der Waals surface area contributed by atoms with Crippen LogP contribution in [0.25, 0.3) is 10.2 Å². The molecule has 0 bridgehead atoms. The number of esters is 1. The summed E-state index contributed by atoms with van der Waals surface area (Å²) in [4.78, 5) is 30.3. The van der Waals surface area contributed by atoms with Crippen LogP contribution in [0.2, 0.25) is 0 Å². The van der Waals surface area contributed by atoms with Gasteiger partial charge >= 0.3 is 5.97 Å². The molecule has 1 unspecified atom stereocenters. The average molecular weight is 518 g/mol. The summed E-state index contributed by atoms with van der Waals surface area (Å²) in [5.74, 6) is -0.453. The number of rotatable bonds is 7. The monoisotopic (exact) mass is 517 g/mol. The number of hydrogen-bond acceptors (Lipinski definition) is 7. The van der Waals surface area contributed by atoms with E-state index in [1.165, 1.54) is 34.9 Å². The van der Waals surface area contributed by atoms with Gasteiger partial charge in [-0.3, -0.25) is 9.59 Å². The summed E-state index contributed by atoms with van der Waals surface area (Å²) in [7, 11) is -2.39. The number of aryl methyl sites for hydroxylation is 1. The van der Waals surface area contributed by atoms with Crippen LogP contribution >= 0.6 is 11.3 Å². The maximum atomic E-state index is 13.3. The number of ether oxygens (including phenoxy) is 2. The standard InChI is InChI=1S/C24H27N3O6S2/c1-4-33-22(28)15-26-19-12-7-16(2)14-21(19)34-24(26)25-23(29)20-6-5-13-27(20)35(30,31)18-10-8-17(32-3)9-11-18/h7-12,14,20H,4-6,13,15H2,1-3H3. The third-order valence-corrected chi connectivity index (χ3v) is 8.75. The number of hydrogen-bond donors (Lipinski definition) is 0. The lowest BCUT2D eigenvalue weighted by Gasteiger charge is -2.21. The van der Waals surface area contributed by atoms with Crippen LogP contribution in [0.5, 0.6) is 5.75 Å². The Morgan fingerprint density at radius 2 is 1.91 bits per heavy atom. The Balaban J connectivity index is 1.70. The SMILES string of the molecule is CCOC(=O)Cn1c(=NC(=O)C2CCCN2S(=O)(=O)c2ccc(OC)cc2)sc2cc(C)ccc21. The first-order valence-electron chi connectivity index (χ1n) is 11.2. The van der Waals surface area contributed by atoms with E-state index in [4.69, 9.17) is 9.47 Å². The predicted octanol–water partition coefficient (Wildman–Crippen LogP) is 2.86. The van der Waals surface area contributed by atoms with Crippen LogP contribution < -0.4 is 9.54 Å². The van der Waals surface area contributed by atoms with Gasteiger partial charge in [0.05, 0.1) is 28.8 Å². The van der Waals surface area contributed by atoms with Crippen molar-refractivity contribution in [1.82, 2.24) is 8.87 Å². The molecule has 1 aromatic heterocycles. The second-order valence-corrected chi connectivity index (χ2v) is 11.0. The molecule has 2 aromatic carbocycles. The third-order valence-electron chi connectivity index (χ3n) is 5.79. The first-order valence-corrected chi connectivity index (χ1v) is 13.5. The van der Waals surface area contributed by atoms with Crippen LogP contribution in [0, 0.1) is 6.92 Å². The van der Waals surface area contributed by atoms with Crippen molar-refractivity contribution in [2.45, 2.75) is 44.2 Å². The van der Waals surface area contributed by atoms with Crippen molar-refractivity contribution in [2.75, 3.05) is 20.3 Å². The van der Waals surface area contributed by atoms with E-state index < -0.39 is 27.9 Å². The molecule has 1 aliphatic heterocycles. The maximum Gasteiger partial charge on any atom is 0.326 e. The van der Waals surface area contributed by atoms with Gasteiger partial charge in [0.15, 0.2) is 4.80 Å². The Kier molecular flexibility index (Phi) is 7.39. The fourth-order valence-electron chi connectivity index (χ4n) is 4.08. The summed E-state index contributed by atoms with van der Waals surface area (Å²) in [6, 6.07) is 10.9. The first kappa shape index (κ1) is 25.1. The molecule has 9 nitrogen and oxygen atoms in total. The number of fused-ring (bicyclic) bond motifs is 1. The number of nitrogens with zero attached hydrogens (tertiary/aromatic N) is 3. The molecule has 1 amide bonds. The van der Waals surface area contributed by atoms with Crippen LogP contribution in [0.15, 0.2) is 52.4 Å². The van der Waals surface area contributed by atoms with Crippen molar-refractivity contribution in [2.24, 2.45) is 4.99 Å². The molecule has 1 atom stereocenters. The Morgan fingerprint density at radius 3 is 2.60 bits per heavy atom. The zero-order valence-corrected chi connectivity index (χ0v) is 21.4. The van der Waals surface area contributed by atoms with Gasteiger partial charge in [0.1, 0.15) is 18.3 Å². The van der Waals surface area contributed by atoms with E-state index >= 15 is 0 Å². The van der Waals surface area contributed by atoms with Gasteiger partial charge < -0.3 is 14.0 Å². The average Bonchev–Trinajstić information content (AvgIpc) is 3.45. The number of amides is 1. The van der Waals surface area contributed by atoms with Crippen LogP contribution in [0.3, 0.4) is 0 Å². The third kappa shape index (κ3) is 5.16. The van der Waals surface area contributed by atoms with Crippen molar-refractivity contribution in [3.8, 4) is 5.75 Å². The minimum atomic E-state index is -3.90. The number of sulfonamides is 1. The van der Waals surface area contributed by atoms with Gasteiger partial charge in [-0.25, -0.2) is 8.42 Å². The fraction of sp³-hybridized carbons (Fsp3) is 0.375. The van der Waals surface area contributed by atoms with E-state index in [-0.39, 0.29) is 24.6 Å². The second-order valence-electron chi connectivity index (χ2n) is 8.15. The molecule has 35 heavy (non-hydrogen) atoms. The molecule has 0 spiro atoms. The van der Waals surface area contributed by atoms with Crippen LogP contribution in [0.4, 0.5) is 0 Å². The molecule has 2 heterocycles. The minimum absolute atomic E-state index is 0.0905. The van der Waals surface area contributed by atoms with E-state index in [0.29, 0.717) is 23.4 Å². The summed E-state index contributed by atoms with van der Waals surface area (Å²) in [6.45, 7) is 4.06. The lowest BCUT2D eigenvalue weighted by molar-refractivity contribution is -0.143. The lowest BCUT2D eigenvalue weighted by Crippen LogP contribution is -2.40.